The summed E-state index contributed by atoms with van der Waals surface area (Å²) in [5, 5.41) is 0. The predicted molar refractivity (Wildman–Crippen MR) is 250 cm³/mol. The first kappa shape index (κ1) is 48.7. The third kappa shape index (κ3) is 9.74. The fourth-order valence-corrected chi connectivity index (χ4v) is 10.5. The molecule has 6 nitrogen and oxygen atoms in total. The van der Waals surface area contributed by atoms with Crippen LogP contribution in [0.3, 0.4) is 0 Å². The maximum atomic E-state index is 16.2. The highest BCUT2D eigenvalue weighted by Gasteiger charge is 2.59. The van der Waals surface area contributed by atoms with Crippen molar-refractivity contribution in [1.82, 2.24) is 14.7 Å². The van der Waals surface area contributed by atoms with E-state index in [1.165, 1.54) is 0 Å². The minimum Gasteiger partial charge on any atom is -0.306 e. The number of rotatable bonds is 9. The van der Waals surface area contributed by atoms with E-state index >= 15 is 14.4 Å². The highest BCUT2D eigenvalue weighted by molar-refractivity contribution is 5.94. The molecule has 6 heteroatoms. The molecule has 1 aliphatic heterocycles. The molecule has 0 spiro atoms. The van der Waals surface area contributed by atoms with Crippen LogP contribution in [0.4, 0.5) is 0 Å². The van der Waals surface area contributed by atoms with Crippen molar-refractivity contribution in [3.63, 3.8) is 0 Å². The van der Waals surface area contributed by atoms with Crippen molar-refractivity contribution in [1.29, 1.82) is 0 Å². The van der Waals surface area contributed by atoms with Gasteiger partial charge in [-0.3, -0.25) is 14.4 Å². The van der Waals surface area contributed by atoms with Crippen molar-refractivity contribution >= 4 is 17.7 Å². The van der Waals surface area contributed by atoms with Crippen molar-refractivity contribution in [2.75, 3.05) is 20.0 Å². The minimum absolute atomic E-state index is 0.0676. The molecule has 0 aromatic heterocycles. The van der Waals surface area contributed by atoms with Crippen LogP contribution in [-0.2, 0) is 30.6 Å². The number of carbonyl (C=O) groups is 3. The zero-order valence-electron chi connectivity index (χ0n) is 41.0. The third-order valence-corrected chi connectivity index (χ3v) is 13.0. The van der Waals surface area contributed by atoms with Crippen molar-refractivity contribution < 1.29 is 14.4 Å². The lowest BCUT2D eigenvalue weighted by molar-refractivity contribution is -0.173. The number of benzene rings is 3. The maximum Gasteiger partial charge on any atom is 0.236 e. The minimum atomic E-state index is -0.981. The van der Waals surface area contributed by atoms with Crippen LogP contribution in [0.1, 0.15) is 161 Å². The molecule has 3 aromatic carbocycles. The van der Waals surface area contributed by atoms with Gasteiger partial charge in [-0.1, -0.05) is 216 Å². The Morgan fingerprint density at radius 1 is 0.350 bits per heavy atom. The van der Waals surface area contributed by atoms with Crippen LogP contribution in [0.2, 0.25) is 0 Å². The van der Waals surface area contributed by atoms with E-state index in [0.29, 0.717) is 19.3 Å². The summed E-state index contributed by atoms with van der Waals surface area (Å²) in [5.41, 5.74) is -2.40. The molecule has 3 aromatic rings. The van der Waals surface area contributed by atoms with Crippen molar-refractivity contribution in [2.24, 2.45) is 32.5 Å². The van der Waals surface area contributed by atoms with Crippen LogP contribution in [0.25, 0.3) is 0 Å². The largest absolute Gasteiger partial charge is 0.306 e. The Morgan fingerprint density at radius 3 is 0.683 bits per heavy atom. The number of nitrogens with zero attached hydrogens (tertiary/aromatic N) is 3. The molecule has 1 aliphatic rings. The maximum absolute atomic E-state index is 16.2. The van der Waals surface area contributed by atoms with E-state index < -0.39 is 32.5 Å². The summed E-state index contributed by atoms with van der Waals surface area (Å²) in [7, 11) is 0. The van der Waals surface area contributed by atoms with Crippen molar-refractivity contribution in [3.05, 3.63) is 108 Å². The molecule has 60 heavy (non-hydrogen) atoms. The van der Waals surface area contributed by atoms with Gasteiger partial charge in [-0.2, -0.15) is 0 Å². The molecular weight excluding hydrogens is 739 g/mol. The summed E-state index contributed by atoms with van der Waals surface area (Å²) in [6.07, 6.45) is 1.72. The van der Waals surface area contributed by atoms with E-state index in [0.717, 1.165) is 16.7 Å². The smallest absolute Gasteiger partial charge is 0.236 e. The zero-order valence-corrected chi connectivity index (χ0v) is 41.0. The van der Waals surface area contributed by atoms with Gasteiger partial charge in [-0.25, -0.2) is 0 Å². The highest BCUT2D eigenvalue weighted by atomic mass is 16.2. The molecule has 1 saturated heterocycles. The summed E-state index contributed by atoms with van der Waals surface area (Å²) in [4.78, 5) is 54.2. The summed E-state index contributed by atoms with van der Waals surface area (Å²) in [6.45, 7) is 39.4. The Balaban J connectivity index is 2.10. The molecule has 3 unspecified atom stereocenters. The van der Waals surface area contributed by atoms with E-state index in [9.17, 15) is 0 Å². The first-order valence-corrected chi connectivity index (χ1v) is 22.3. The molecule has 0 aliphatic carbocycles. The van der Waals surface area contributed by atoms with Crippen LogP contribution in [-0.4, -0.2) is 52.4 Å². The van der Waals surface area contributed by atoms with E-state index in [4.69, 9.17) is 0 Å². The van der Waals surface area contributed by atoms with Crippen LogP contribution in [0.15, 0.2) is 91.0 Å². The molecule has 3 amide bonds. The molecule has 0 saturated carbocycles. The average Bonchev–Trinajstić information content (AvgIpc) is 3.12. The van der Waals surface area contributed by atoms with Gasteiger partial charge in [0.15, 0.2) is 0 Å². The second-order valence-electron chi connectivity index (χ2n) is 24.7. The lowest BCUT2D eigenvalue weighted by atomic mass is 9.56. The van der Waals surface area contributed by atoms with Gasteiger partial charge in [0.05, 0.1) is 36.3 Å². The highest BCUT2D eigenvalue weighted by Crippen LogP contribution is 2.54. The number of hydrogen-bond acceptors (Lipinski definition) is 3. The Morgan fingerprint density at radius 2 is 0.533 bits per heavy atom. The summed E-state index contributed by atoms with van der Waals surface area (Å²) < 4.78 is 0. The van der Waals surface area contributed by atoms with Crippen LogP contribution < -0.4 is 0 Å². The standard InChI is InChI=1S/C54H81N3O3/c1-46(2,3)34-52(49(10,11)12,40-28-22-19-23-29-40)43(58)55-37-56(44(59)53(50(13,14)15,35-47(4,5)6)41-30-24-20-25-31-41)39-57(38-55)45(60)54(51(16,17)18,36-48(7,8)9)42-32-26-21-27-33-42/h19-33H,34-39H2,1-18H3. The number of amides is 3. The van der Waals surface area contributed by atoms with Gasteiger partial charge in [0.25, 0.3) is 0 Å². The zero-order chi connectivity index (χ0) is 45.5. The van der Waals surface area contributed by atoms with Gasteiger partial charge in [0, 0.05) is 0 Å². The van der Waals surface area contributed by atoms with Gasteiger partial charge in [0.1, 0.15) is 0 Å². The quantitative estimate of drug-likeness (QED) is 0.216. The van der Waals surface area contributed by atoms with E-state index in [2.05, 4.69) is 161 Å². The SMILES string of the molecule is CC(C)(C)CC(C(=O)N1CN(C(=O)C(CC(C)(C)C)(c2ccccc2)C(C)(C)C)CN(C(=O)C(CC(C)(C)C)(c2ccccc2)C(C)(C)C)C1)(c1ccccc1)C(C)(C)C. The molecule has 0 bridgehead atoms. The Kier molecular flexibility index (Phi) is 13.6. The molecule has 0 radical (unpaired) electrons. The number of carbonyl (C=O) groups excluding carboxylic acids is 3. The Labute approximate surface area is 365 Å². The summed E-state index contributed by atoms with van der Waals surface area (Å²) >= 11 is 0. The van der Waals surface area contributed by atoms with Gasteiger partial charge in [-0.05, 0) is 68.4 Å². The van der Waals surface area contributed by atoms with Gasteiger partial charge in [-0.15, -0.1) is 0 Å². The van der Waals surface area contributed by atoms with Gasteiger partial charge < -0.3 is 14.7 Å². The molecular formula is C54H81N3O3. The third-order valence-electron chi connectivity index (χ3n) is 13.0. The second kappa shape index (κ2) is 16.7. The van der Waals surface area contributed by atoms with E-state index in [1.54, 1.807) is 0 Å². The summed E-state index contributed by atoms with van der Waals surface area (Å²) in [5.74, 6) is -0.208. The number of hydrogen-bond donors (Lipinski definition) is 0. The lowest BCUT2D eigenvalue weighted by Crippen LogP contribution is -2.69. The second-order valence-corrected chi connectivity index (χ2v) is 24.7. The average molecular weight is 820 g/mol. The molecule has 3 atom stereocenters. The van der Waals surface area contributed by atoms with Gasteiger partial charge in [0.2, 0.25) is 17.7 Å². The first-order valence-electron chi connectivity index (χ1n) is 22.3. The normalized spacial score (nSPS) is 18.0. The lowest BCUT2D eigenvalue weighted by Gasteiger charge is -2.56. The fourth-order valence-electron chi connectivity index (χ4n) is 10.5. The predicted octanol–water partition coefficient (Wildman–Crippen LogP) is 12.6. The molecule has 1 fully saturated rings. The van der Waals surface area contributed by atoms with Crippen molar-refractivity contribution in [3.8, 4) is 0 Å². The molecule has 0 N–H and O–H groups in total. The van der Waals surface area contributed by atoms with E-state index in [1.807, 2.05) is 69.3 Å². The molecule has 330 valence electrons. The Hall–Kier alpha value is -3.93. The van der Waals surface area contributed by atoms with Crippen LogP contribution in [0.5, 0.6) is 0 Å². The monoisotopic (exact) mass is 820 g/mol. The fraction of sp³-hybridized carbons (Fsp3) is 0.611. The van der Waals surface area contributed by atoms with E-state index in [-0.39, 0.29) is 54.0 Å². The summed E-state index contributed by atoms with van der Waals surface area (Å²) in [6, 6.07) is 30.6. The molecule has 1 heterocycles. The van der Waals surface area contributed by atoms with Crippen LogP contribution in [0, 0.1) is 32.5 Å². The van der Waals surface area contributed by atoms with Crippen molar-refractivity contribution in [2.45, 2.75) is 160 Å². The van der Waals surface area contributed by atoms with Gasteiger partial charge >= 0.3 is 0 Å². The van der Waals surface area contributed by atoms with Crippen LogP contribution >= 0.6 is 0 Å². The molecule has 4 rings (SSSR count). The first-order chi connectivity index (χ1) is 27.2. The Bertz CT molecular complexity index is 1700. The topological polar surface area (TPSA) is 60.9 Å².